The molecule has 1 heterocycles. The van der Waals surface area contributed by atoms with Gasteiger partial charge in [0.2, 0.25) is 0 Å². The van der Waals surface area contributed by atoms with Crippen molar-refractivity contribution in [2.75, 3.05) is 38.8 Å². The highest BCUT2D eigenvalue weighted by atomic mass is 32.2. The minimum absolute atomic E-state index is 0.00348. The van der Waals surface area contributed by atoms with Crippen LogP contribution in [0.4, 0.5) is 0 Å². The highest BCUT2D eigenvalue weighted by molar-refractivity contribution is 7.91. The van der Waals surface area contributed by atoms with Gasteiger partial charge in [-0.15, -0.1) is 0 Å². The molecular formula is C16H25NO5S. The molecule has 0 aliphatic carbocycles. The van der Waals surface area contributed by atoms with E-state index in [2.05, 4.69) is 0 Å². The zero-order chi connectivity index (χ0) is 16.9. The van der Waals surface area contributed by atoms with Crippen molar-refractivity contribution in [3.05, 3.63) is 29.8 Å². The first-order valence-corrected chi connectivity index (χ1v) is 9.51. The normalized spacial score (nSPS) is 21.5. The van der Waals surface area contributed by atoms with Crippen LogP contribution in [-0.2, 0) is 21.2 Å². The van der Waals surface area contributed by atoms with Crippen LogP contribution in [0.5, 0.6) is 5.75 Å². The average molecular weight is 343 g/mol. The molecule has 0 amide bonds. The Hall–Kier alpha value is -1.15. The van der Waals surface area contributed by atoms with E-state index in [4.69, 9.17) is 9.47 Å². The number of hydrogen-bond donors (Lipinski definition) is 1. The van der Waals surface area contributed by atoms with E-state index in [9.17, 15) is 13.5 Å². The number of methoxy groups -OCH3 is 1. The molecule has 7 heteroatoms. The van der Waals surface area contributed by atoms with Crippen LogP contribution in [0.1, 0.15) is 12.0 Å². The van der Waals surface area contributed by atoms with Gasteiger partial charge in [-0.25, -0.2) is 8.42 Å². The molecule has 1 aromatic rings. The Morgan fingerprint density at radius 2 is 2.04 bits per heavy atom. The smallest absolute Gasteiger partial charge is 0.151 e. The number of nitrogens with zero attached hydrogens (tertiary/aromatic N) is 1. The molecule has 0 aromatic heterocycles. The third-order valence-electron chi connectivity index (χ3n) is 4.07. The van der Waals surface area contributed by atoms with Crippen molar-refractivity contribution < 1.29 is 23.0 Å². The minimum Gasteiger partial charge on any atom is -0.497 e. The summed E-state index contributed by atoms with van der Waals surface area (Å²) < 4.78 is 33.6. The summed E-state index contributed by atoms with van der Waals surface area (Å²) in [5.74, 6) is 1.22. The van der Waals surface area contributed by atoms with Crippen LogP contribution in [0, 0.1) is 0 Å². The summed E-state index contributed by atoms with van der Waals surface area (Å²) in [5, 5.41) is 10.0. The van der Waals surface area contributed by atoms with E-state index in [0.29, 0.717) is 19.6 Å². The topological polar surface area (TPSA) is 76.1 Å². The van der Waals surface area contributed by atoms with Crippen molar-refractivity contribution in [2.24, 2.45) is 0 Å². The molecule has 0 radical (unpaired) electrons. The maximum absolute atomic E-state index is 11.5. The van der Waals surface area contributed by atoms with Gasteiger partial charge < -0.3 is 14.6 Å². The van der Waals surface area contributed by atoms with Gasteiger partial charge in [0, 0.05) is 12.6 Å². The molecule has 0 spiro atoms. The van der Waals surface area contributed by atoms with Crippen molar-refractivity contribution in [1.82, 2.24) is 4.90 Å². The molecule has 2 atom stereocenters. The maximum atomic E-state index is 11.5. The Morgan fingerprint density at radius 3 is 2.61 bits per heavy atom. The number of hydrogen-bond acceptors (Lipinski definition) is 6. The minimum atomic E-state index is -2.90. The first-order valence-electron chi connectivity index (χ1n) is 7.69. The lowest BCUT2D eigenvalue weighted by molar-refractivity contribution is 0.00911. The Balaban J connectivity index is 1.69. The number of benzene rings is 1. The molecule has 0 saturated carbocycles. The summed E-state index contributed by atoms with van der Waals surface area (Å²) in [4.78, 5) is 1.91. The fourth-order valence-corrected chi connectivity index (χ4v) is 4.50. The summed E-state index contributed by atoms with van der Waals surface area (Å²) in [7, 11) is 0.565. The monoisotopic (exact) mass is 343 g/mol. The van der Waals surface area contributed by atoms with Crippen molar-refractivity contribution in [3.63, 3.8) is 0 Å². The fraction of sp³-hybridized carbons (Fsp3) is 0.625. The lowest BCUT2D eigenvalue weighted by atomic mass is 10.2. The Labute approximate surface area is 137 Å². The molecule has 130 valence electrons. The van der Waals surface area contributed by atoms with Gasteiger partial charge in [-0.1, -0.05) is 12.1 Å². The van der Waals surface area contributed by atoms with Crippen LogP contribution in [0.2, 0.25) is 0 Å². The molecule has 1 aliphatic rings. The first-order chi connectivity index (χ1) is 10.9. The predicted molar refractivity (Wildman–Crippen MR) is 88.3 cm³/mol. The first kappa shape index (κ1) is 18.2. The van der Waals surface area contributed by atoms with E-state index >= 15 is 0 Å². The number of sulfone groups is 1. The van der Waals surface area contributed by atoms with E-state index < -0.39 is 15.9 Å². The standard InChI is InChI=1S/C16H25NO5S/c1-17(14-7-8-23(19,20)12-14)9-15(18)11-22-10-13-3-5-16(21-2)6-4-13/h3-6,14-15,18H,7-12H2,1-2H3/t14-,15+/m0/s1. The van der Waals surface area contributed by atoms with Crippen LogP contribution in [0.15, 0.2) is 24.3 Å². The average Bonchev–Trinajstić information content (AvgIpc) is 2.88. The molecule has 23 heavy (non-hydrogen) atoms. The number of aliphatic hydroxyl groups excluding tert-OH is 1. The van der Waals surface area contributed by atoms with Gasteiger partial charge in [0.25, 0.3) is 0 Å². The quantitative estimate of drug-likeness (QED) is 0.748. The van der Waals surface area contributed by atoms with Gasteiger partial charge in [0.05, 0.1) is 37.9 Å². The molecule has 1 N–H and O–H groups in total. The summed E-state index contributed by atoms with van der Waals surface area (Å²) in [6.45, 7) is 1.04. The summed E-state index contributed by atoms with van der Waals surface area (Å²) >= 11 is 0. The Kier molecular flexibility index (Phi) is 6.41. The summed E-state index contributed by atoms with van der Waals surface area (Å²) in [6.07, 6.45) is -0.000290. The highest BCUT2D eigenvalue weighted by Crippen LogP contribution is 2.17. The van der Waals surface area contributed by atoms with Crippen molar-refractivity contribution in [3.8, 4) is 5.75 Å². The Bertz CT molecular complexity index is 587. The predicted octanol–water partition coefficient (Wildman–Crippen LogP) is 0.692. The van der Waals surface area contributed by atoms with E-state index in [1.54, 1.807) is 7.11 Å². The third-order valence-corrected chi connectivity index (χ3v) is 5.82. The lowest BCUT2D eigenvalue weighted by Crippen LogP contribution is -2.39. The van der Waals surface area contributed by atoms with Gasteiger partial charge in [-0.2, -0.15) is 0 Å². The van der Waals surface area contributed by atoms with Crippen LogP contribution in [0.25, 0.3) is 0 Å². The zero-order valence-corrected chi connectivity index (χ0v) is 14.5. The SMILES string of the molecule is COc1ccc(COC[C@H](O)CN(C)[C@H]2CCS(=O)(=O)C2)cc1. The molecule has 1 aliphatic heterocycles. The van der Waals surface area contributed by atoms with Crippen molar-refractivity contribution in [2.45, 2.75) is 25.2 Å². The van der Waals surface area contributed by atoms with Crippen molar-refractivity contribution in [1.29, 1.82) is 0 Å². The second-order valence-electron chi connectivity index (χ2n) is 6.01. The van der Waals surface area contributed by atoms with E-state index in [-0.39, 0.29) is 24.2 Å². The molecule has 1 fully saturated rings. The number of ether oxygens (including phenoxy) is 2. The van der Waals surface area contributed by atoms with Gasteiger partial charge in [0.1, 0.15) is 5.75 Å². The van der Waals surface area contributed by atoms with Crippen LogP contribution in [-0.4, -0.2) is 69.4 Å². The zero-order valence-electron chi connectivity index (χ0n) is 13.6. The second-order valence-corrected chi connectivity index (χ2v) is 8.24. The van der Waals surface area contributed by atoms with Crippen LogP contribution in [0.3, 0.4) is 0 Å². The molecular weight excluding hydrogens is 318 g/mol. The molecule has 0 bridgehead atoms. The molecule has 2 rings (SSSR count). The maximum Gasteiger partial charge on any atom is 0.151 e. The number of aliphatic hydroxyl groups is 1. The lowest BCUT2D eigenvalue weighted by Gasteiger charge is -2.25. The van der Waals surface area contributed by atoms with Crippen LogP contribution < -0.4 is 4.74 Å². The molecule has 0 unspecified atom stereocenters. The van der Waals surface area contributed by atoms with Gasteiger partial charge in [-0.05, 0) is 31.2 Å². The van der Waals surface area contributed by atoms with Crippen molar-refractivity contribution >= 4 is 9.84 Å². The molecule has 1 aromatic carbocycles. The van der Waals surface area contributed by atoms with Gasteiger partial charge >= 0.3 is 0 Å². The third kappa shape index (κ3) is 5.76. The number of likely N-dealkylation sites (N-methyl/N-ethyl adjacent to an activating group) is 1. The summed E-state index contributed by atoms with van der Waals surface area (Å²) in [6, 6.07) is 7.56. The number of rotatable bonds is 8. The Morgan fingerprint density at radius 1 is 1.35 bits per heavy atom. The largest absolute Gasteiger partial charge is 0.497 e. The molecule has 6 nitrogen and oxygen atoms in total. The van der Waals surface area contributed by atoms with E-state index in [1.807, 2.05) is 36.2 Å². The second kappa shape index (κ2) is 8.10. The van der Waals surface area contributed by atoms with E-state index in [1.165, 1.54) is 0 Å². The van der Waals surface area contributed by atoms with Gasteiger partial charge in [-0.3, -0.25) is 4.90 Å². The fourth-order valence-electron chi connectivity index (χ4n) is 2.69. The highest BCUT2D eigenvalue weighted by Gasteiger charge is 2.31. The van der Waals surface area contributed by atoms with E-state index in [0.717, 1.165) is 11.3 Å². The summed E-state index contributed by atoms with van der Waals surface area (Å²) in [5.41, 5.74) is 1.01. The van der Waals surface area contributed by atoms with Crippen LogP contribution >= 0.6 is 0 Å². The molecule has 1 saturated heterocycles. The van der Waals surface area contributed by atoms with Gasteiger partial charge in [0.15, 0.2) is 9.84 Å².